The average Bonchev–Trinajstić information content (AvgIpc) is 3.31. The number of piperidine rings is 1. The number of methoxy groups -OCH3 is 1. The molecule has 0 amide bonds. The van der Waals surface area contributed by atoms with Crippen molar-refractivity contribution in [1.29, 1.82) is 0 Å². The summed E-state index contributed by atoms with van der Waals surface area (Å²) in [4.78, 5) is 14.1. The van der Waals surface area contributed by atoms with Gasteiger partial charge in [-0.3, -0.25) is 9.69 Å². The number of aliphatic hydroxyl groups is 1. The first-order valence-electron chi connectivity index (χ1n) is 12.2. The molecule has 2 saturated heterocycles. The topological polar surface area (TPSA) is 87.1 Å². The monoisotopic (exact) mass is 480 g/mol. The van der Waals surface area contributed by atoms with Gasteiger partial charge in [0.2, 0.25) is 5.90 Å². The van der Waals surface area contributed by atoms with Crippen LogP contribution in [0.2, 0.25) is 0 Å². The molecule has 3 aliphatic rings. The van der Waals surface area contributed by atoms with Crippen LogP contribution >= 0.6 is 0 Å². The highest BCUT2D eigenvalue weighted by molar-refractivity contribution is 5.95. The quantitative estimate of drug-likeness (QED) is 0.548. The van der Waals surface area contributed by atoms with E-state index in [9.17, 15) is 9.90 Å². The number of ether oxygens (including phenoxy) is 3. The molecule has 0 saturated carbocycles. The molecule has 2 unspecified atom stereocenters. The van der Waals surface area contributed by atoms with Crippen molar-refractivity contribution in [2.45, 2.75) is 38.3 Å². The van der Waals surface area contributed by atoms with Crippen LogP contribution in [0.4, 0.5) is 0 Å². The second kappa shape index (κ2) is 10.6. The van der Waals surface area contributed by atoms with Gasteiger partial charge in [-0.2, -0.15) is 10.1 Å². The van der Waals surface area contributed by atoms with E-state index in [1.807, 2.05) is 41.4 Å². The minimum atomic E-state index is -0.823. The molecule has 5 rings (SSSR count). The number of benzene rings is 2. The Balaban J connectivity index is 1.18. The Bertz CT molecular complexity index is 1020. The van der Waals surface area contributed by atoms with Gasteiger partial charge in [-0.1, -0.05) is 12.1 Å². The van der Waals surface area contributed by atoms with E-state index in [1.54, 1.807) is 12.2 Å². The minimum Gasteiger partial charge on any atom is -0.497 e. The lowest BCUT2D eigenvalue weighted by molar-refractivity contribution is -0.218. The third kappa shape index (κ3) is 5.27. The van der Waals surface area contributed by atoms with Crippen molar-refractivity contribution in [2.24, 2.45) is 11.0 Å². The van der Waals surface area contributed by atoms with E-state index in [0.29, 0.717) is 18.4 Å². The Labute approximate surface area is 205 Å². The van der Waals surface area contributed by atoms with E-state index in [1.165, 1.54) is 5.56 Å². The number of rotatable bonds is 9. The molecule has 0 radical (unpaired) electrons. The average molecular weight is 481 g/mol. The van der Waals surface area contributed by atoms with Crippen LogP contribution in [0.25, 0.3) is 0 Å². The summed E-state index contributed by atoms with van der Waals surface area (Å²) in [6, 6.07) is 15.6. The van der Waals surface area contributed by atoms with Crippen LogP contribution in [0, 0.1) is 5.92 Å². The third-order valence-electron chi connectivity index (χ3n) is 6.87. The van der Waals surface area contributed by atoms with Crippen molar-refractivity contribution >= 4 is 12.2 Å². The maximum absolute atomic E-state index is 11.7. The van der Waals surface area contributed by atoms with Gasteiger partial charge in [0.1, 0.15) is 11.5 Å². The van der Waals surface area contributed by atoms with E-state index in [-0.39, 0.29) is 6.23 Å². The molecule has 2 aromatic rings. The molecule has 0 spiro atoms. The van der Waals surface area contributed by atoms with Gasteiger partial charge in [0.25, 0.3) is 6.23 Å². The first-order valence-corrected chi connectivity index (χ1v) is 12.2. The third-order valence-corrected chi connectivity index (χ3v) is 6.87. The second-order valence-electron chi connectivity index (χ2n) is 9.17. The summed E-state index contributed by atoms with van der Waals surface area (Å²) in [5.74, 6) is 2.36. The van der Waals surface area contributed by atoms with E-state index in [2.05, 4.69) is 22.1 Å². The normalized spacial score (nSPS) is 23.4. The van der Waals surface area contributed by atoms with Gasteiger partial charge in [0, 0.05) is 31.7 Å². The molecule has 9 nitrogen and oxygen atoms in total. The number of carbonyl (C=O) groups is 1. The van der Waals surface area contributed by atoms with E-state index in [0.717, 1.165) is 68.8 Å². The highest BCUT2D eigenvalue weighted by Crippen LogP contribution is 2.29. The maximum Gasteiger partial charge on any atom is 0.260 e. The second-order valence-corrected chi connectivity index (χ2v) is 9.17. The van der Waals surface area contributed by atoms with Gasteiger partial charge in [-0.05, 0) is 73.8 Å². The molecule has 2 aromatic carbocycles. The number of hydrazine groups is 1. The van der Waals surface area contributed by atoms with Gasteiger partial charge in [-0.25, -0.2) is 0 Å². The molecule has 3 heterocycles. The van der Waals surface area contributed by atoms with Gasteiger partial charge in [0.05, 0.1) is 7.11 Å². The summed E-state index contributed by atoms with van der Waals surface area (Å²) in [6.07, 6.45) is 2.64. The molecule has 0 aliphatic carbocycles. The summed E-state index contributed by atoms with van der Waals surface area (Å²) >= 11 is 0. The SMILES string of the molecule is COc1ccc(C2=NN(N3CCC3Oc3ccc(CN4CCC(CO)CC4)cc3)C(C=O)O2)cc1. The zero-order valence-electron chi connectivity index (χ0n) is 20.0. The lowest BCUT2D eigenvalue weighted by Crippen LogP contribution is -2.60. The Morgan fingerprint density at radius 3 is 2.34 bits per heavy atom. The van der Waals surface area contributed by atoms with E-state index in [4.69, 9.17) is 14.2 Å². The van der Waals surface area contributed by atoms with Crippen LogP contribution in [0.15, 0.2) is 53.6 Å². The molecule has 2 atom stereocenters. The smallest absolute Gasteiger partial charge is 0.260 e. The zero-order chi connectivity index (χ0) is 24.2. The number of hydrogen-bond acceptors (Lipinski definition) is 9. The molecule has 1 N–H and O–H groups in total. The Morgan fingerprint density at radius 1 is 1.03 bits per heavy atom. The molecule has 35 heavy (non-hydrogen) atoms. The van der Waals surface area contributed by atoms with Gasteiger partial charge in [-0.15, -0.1) is 5.10 Å². The van der Waals surface area contributed by atoms with Crippen molar-refractivity contribution in [3.63, 3.8) is 0 Å². The minimum absolute atomic E-state index is 0.219. The number of hydrogen-bond donors (Lipinski definition) is 1. The molecule has 0 bridgehead atoms. The zero-order valence-corrected chi connectivity index (χ0v) is 20.0. The van der Waals surface area contributed by atoms with Crippen molar-refractivity contribution in [3.05, 3.63) is 59.7 Å². The number of aliphatic hydroxyl groups excluding tert-OH is 1. The number of carbonyl (C=O) groups excluding carboxylic acids is 1. The standard InChI is InChI=1S/C26H32N4O5/c1-33-22-8-4-21(5-9-22)26-27-30(25(18-32)35-26)29-15-12-24(29)34-23-6-2-19(3-7-23)16-28-13-10-20(17-31)11-14-28/h2-9,18,20,24-25,31H,10-17H2,1H3. The Hall–Kier alpha value is -3.14. The number of hydrazone groups is 1. The fraction of sp³-hybridized carbons (Fsp3) is 0.462. The number of nitrogens with zero attached hydrogens (tertiary/aromatic N) is 4. The van der Waals surface area contributed by atoms with E-state index < -0.39 is 6.23 Å². The van der Waals surface area contributed by atoms with Crippen LogP contribution in [-0.4, -0.2) is 78.1 Å². The van der Waals surface area contributed by atoms with Crippen molar-refractivity contribution < 1.29 is 24.1 Å². The molecule has 9 heteroatoms. The lowest BCUT2D eigenvalue weighted by atomic mass is 9.97. The predicted octanol–water partition coefficient (Wildman–Crippen LogP) is 2.44. The molecular weight excluding hydrogens is 448 g/mol. The highest BCUT2D eigenvalue weighted by Gasteiger charge is 2.42. The fourth-order valence-electron chi connectivity index (χ4n) is 4.60. The van der Waals surface area contributed by atoms with Gasteiger partial charge in [0.15, 0.2) is 12.5 Å². The predicted molar refractivity (Wildman–Crippen MR) is 130 cm³/mol. The van der Waals surface area contributed by atoms with Crippen LogP contribution in [-0.2, 0) is 16.1 Å². The Kier molecular flexibility index (Phi) is 7.17. The maximum atomic E-state index is 11.7. The number of aldehydes is 1. The summed E-state index contributed by atoms with van der Waals surface area (Å²) in [6.45, 7) is 3.97. The Morgan fingerprint density at radius 2 is 1.74 bits per heavy atom. The molecule has 186 valence electrons. The van der Waals surface area contributed by atoms with Crippen LogP contribution in [0.1, 0.15) is 30.4 Å². The van der Waals surface area contributed by atoms with Crippen molar-refractivity contribution in [2.75, 3.05) is 33.4 Å². The van der Waals surface area contributed by atoms with Crippen LogP contribution < -0.4 is 9.47 Å². The summed E-state index contributed by atoms with van der Waals surface area (Å²) in [5.41, 5.74) is 2.02. The number of likely N-dealkylation sites (tertiary alicyclic amines) is 1. The lowest BCUT2D eigenvalue weighted by Gasteiger charge is -2.44. The summed E-state index contributed by atoms with van der Waals surface area (Å²) in [7, 11) is 1.61. The first-order chi connectivity index (χ1) is 17.2. The fourth-order valence-corrected chi connectivity index (χ4v) is 4.60. The molecular formula is C26H32N4O5. The van der Waals surface area contributed by atoms with Crippen molar-refractivity contribution in [1.82, 2.24) is 15.0 Å². The molecule has 2 fully saturated rings. The van der Waals surface area contributed by atoms with Crippen molar-refractivity contribution in [3.8, 4) is 11.5 Å². The van der Waals surface area contributed by atoms with Crippen LogP contribution in [0.5, 0.6) is 11.5 Å². The highest BCUT2D eigenvalue weighted by atomic mass is 16.6. The molecule has 0 aromatic heterocycles. The summed E-state index contributed by atoms with van der Waals surface area (Å²) in [5, 5.41) is 17.4. The molecule has 3 aliphatic heterocycles. The first kappa shape index (κ1) is 23.6. The van der Waals surface area contributed by atoms with Crippen LogP contribution in [0.3, 0.4) is 0 Å². The van der Waals surface area contributed by atoms with Gasteiger partial charge >= 0.3 is 0 Å². The summed E-state index contributed by atoms with van der Waals surface area (Å²) < 4.78 is 17.2. The van der Waals surface area contributed by atoms with Gasteiger partial charge < -0.3 is 19.3 Å². The largest absolute Gasteiger partial charge is 0.497 e. The van der Waals surface area contributed by atoms with E-state index >= 15 is 0 Å².